The van der Waals surface area contributed by atoms with Crippen LogP contribution >= 0.6 is 11.6 Å². The molecule has 2 N–H and O–H groups in total. The lowest BCUT2D eigenvalue weighted by Crippen LogP contribution is -2.41. The summed E-state index contributed by atoms with van der Waals surface area (Å²) in [7, 11) is 1.63. The molecule has 0 saturated carbocycles. The van der Waals surface area contributed by atoms with Crippen LogP contribution in [-0.2, 0) is 4.79 Å². The number of likely N-dealkylation sites (N-methyl/N-ethyl adjacent to an activating group) is 1. The minimum atomic E-state index is -0.240. The smallest absolute Gasteiger partial charge is 0.236 e. The van der Waals surface area contributed by atoms with Crippen molar-refractivity contribution in [3.05, 3.63) is 34.9 Å². The molecule has 0 aromatic heterocycles. The average Bonchev–Trinajstić information content (AvgIpc) is 2.28. The zero-order valence-corrected chi connectivity index (χ0v) is 10.5. The van der Waals surface area contributed by atoms with E-state index in [9.17, 15) is 4.79 Å². The van der Waals surface area contributed by atoms with Crippen molar-refractivity contribution in [3.8, 4) is 0 Å². The number of hydrogen-bond donors (Lipinski definition) is 2. The number of amides is 1. The number of halogens is 1. The van der Waals surface area contributed by atoms with Crippen molar-refractivity contribution < 1.29 is 4.79 Å². The fourth-order valence-electron chi connectivity index (χ4n) is 1.58. The summed E-state index contributed by atoms with van der Waals surface area (Å²) >= 11 is 6.08. The summed E-state index contributed by atoms with van der Waals surface area (Å²) in [6.45, 7) is 3.81. The summed E-state index contributed by atoms with van der Waals surface area (Å²) in [5, 5.41) is 6.51. The molecule has 1 amide bonds. The molecule has 1 rings (SSSR count). The summed E-state index contributed by atoms with van der Waals surface area (Å²) in [5.74, 6) is -0.0288. The second kappa shape index (κ2) is 5.87. The van der Waals surface area contributed by atoms with Crippen LogP contribution in [0.1, 0.15) is 25.5 Å². The maximum Gasteiger partial charge on any atom is 0.236 e. The second-order valence-electron chi connectivity index (χ2n) is 3.75. The van der Waals surface area contributed by atoms with Crippen LogP contribution in [0.15, 0.2) is 24.3 Å². The monoisotopic (exact) mass is 240 g/mol. The largest absolute Gasteiger partial charge is 0.358 e. The predicted octanol–water partition coefficient (Wildman–Crippen LogP) is 2.13. The van der Waals surface area contributed by atoms with Gasteiger partial charge in [0.05, 0.1) is 6.04 Å². The first-order chi connectivity index (χ1) is 7.56. The Morgan fingerprint density at radius 3 is 2.50 bits per heavy atom. The van der Waals surface area contributed by atoms with Gasteiger partial charge in [0.1, 0.15) is 0 Å². The van der Waals surface area contributed by atoms with E-state index in [2.05, 4.69) is 10.6 Å². The molecule has 1 aromatic carbocycles. The number of nitrogens with one attached hydrogen (secondary N) is 2. The first-order valence-electron chi connectivity index (χ1n) is 5.28. The van der Waals surface area contributed by atoms with Crippen molar-refractivity contribution in [2.75, 3.05) is 7.05 Å². The van der Waals surface area contributed by atoms with E-state index in [-0.39, 0.29) is 18.0 Å². The predicted molar refractivity (Wildman–Crippen MR) is 66.5 cm³/mol. The van der Waals surface area contributed by atoms with Crippen LogP contribution in [0.5, 0.6) is 0 Å². The van der Waals surface area contributed by atoms with E-state index < -0.39 is 0 Å². The van der Waals surface area contributed by atoms with Crippen LogP contribution in [0.4, 0.5) is 0 Å². The first kappa shape index (κ1) is 13.0. The topological polar surface area (TPSA) is 41.1 Å². The van der Waals surface area contributed by atoms with Crippen LogP contribution in [0, 0.1) is 0 Å². The van der Waals surface area contributed by atoms with Gasteiger partial charge >= 0.3 is 0 Å². The zero-order chi connectivity index (χ0) is 12.1. The molecule has 16 heavy (non-hydrogen) atoms. The zero-order valence-electron chi connectivity index (χ0n) is 9.75. The maximum absolute atomic E-state index is 11.4. The van der Waals surface area contributed by atoms with Crippen molar-refractivity contribution >= 4 is 17.5 Å². The quantitative estimate of drug-likeness (QED) is 0.847. The number of rotatable bonds is 4. The highest BCUT2D eigenvalue weighted by Crippen LogP contribution is 2.22. The first-order valence-corrected chi connectivity index (χ1v) is 5.66. The molecule has 0 radical (unpaired) electrons. The summed E-state index contributed by atoms with van der Waals surface area (Å²) in [5.41, 5.74) is 1.000. The van der Waals surface area contributed by atoms with Crippen molar-refractivity contribution in [1.29, 1.82) is 0 Å². The van der Waals surface area contributed by atoms with Crippen LogP contribution in [0.2, 0.25) is 5.02 Å². The molecule has 0 heterocycles. The lowest BCUT2D eigenvalue weighted by atomic mass is 10.1. The molecule has 4 heteroatoms. The Hall–Kier alpha value is -1.06. The van der Waals surface area contributed by atoms with E-state index in [1.807, 2.05) is 38.1 Å². The lowest BCUT2D eigenvalue weighted by molar-refractivity contribution is -0.122. The molecule has 0 fully saturated rings. The minimum absolute atomic E-state index is 0.0288. The van der Waals surface area contributed by atoms with Crippen molar-refractivity contribution in [3.63, 3.8) is 0 Å². The lowest BCUT2D eigenvalue weighted by Gasteiger charge is -2.20. The Kier molecular flexibility index (Phi) is 4.77. The van der Waals surface area contributed by atoms with Gasteiger partial charge in [-0.25, -0.2) is 0 Å². The fraction of sp³-hybridized carbons (Fsp3) is 0.417. The highest BCUT2D eigenvalue weighted by Gasteiger charge is 2.16. The molecular weight excluding hydrogens is 224 g/mol. The van der Waals surface area contributed by atoms with Gasteiger partial charge in [-0.15, -0.1) is 0 Å². The van der Waals surface area contributed by atoms with E-state index in [4.69, 9.17) is 11.6 Å². The Morgan fingerprint density at radius 1 is 1.31 bits per heavy atom. The maximum atomic E-state index is 11.4. The van der Waals surface area contributed by atoms with E-state index >= 15 is 0 Å². The van der Waals surface area contributed by atoms with Gasteiger partial charge in [0, 0.05) is 18.1 Å². The fourth-order valence-corrected chi connectivity index (χ4v) is 1.88. The summed E-state index contributed by atoms with van der Waals surface area (Å²) in [6, 6.07) is 7.43. The number of carbonyl (C=O) groups is 1. The molecule has 0 aliphatic heterocycles. The van der Waals surface area contributed by atoms with Crippen molar-refractivity contribution in [2.24, 2.45) is 0 Å². The molecule has 88 valence electrons. The molecule has 3 nitrogen and oxygen atoms in total. The molecule has 0 aliphatic carbocycles. The molecular formula is C12H17ClN2O. The van der Waals surface area contributed by atoms with Crippen LogP contribution < -0.4 is 10.6 Å². The Bertz CT molecular complexity index is 368. The van der Waals surface area contributed by atoms with Gasteiger partial charge in [-0.2, -0.15) is 0 Å². The summed E-state index contributed by atoms with van der Waals surface area (Å²) in [4.78, 5) is 11.4. The third kappa shape index (κ3) is 3.22. The second-order valence-corrected chi connectivity index (χ2v) is 4.15. The Morgan fingerprint density at radius 2 is 1.94 bits per heavy atom. The number of hydrogen-bond acceptors (Lipinski definition) is 2. The Balaban J connectivity index is 2.69. The van der Waals surface area contributed by atoms with Crippen LogP contribution in [0.25, 0.3) is 0 Å². The van der Waals surface area contributed by atoms with Crippen LogP contribution in [-0.4, -0.2) is 19.0 Å². The molecule has 1 aromatic rings. The molecule has 0 unspecified atom stereocenters. The van der Waals surface area contributed by atoms with Gasteiger partial charge in [0.2, 0.25) is 5.91 Å². The third-order valence-corrected chi connectivity index (χ3v) is 2.86. The van der Waals surface area contributed by atoms with Gasteiger partial charge in [-0.05, 0) is 25.5 Å². The van der Waals surface area contributed by atoms with Crippen molar-refractivity contribution in [1.82, 2.24) is 10.6 Å². The summed E-state index contributed by atoms with van der Waals surface area (Å²) < 4.78 is 0. The molecule has 2 atom stereocenters. The summed E-state index contributed by atoms with van der Waals surface area (Å²) in [6.07, 6.45) is 0. The minimum Gasteiger partial charge on any atom is -0.358 e. The van der Waals surface area contributed by atoms with Gasteiger partial charge in [-0.3, -0.25) is 10.1 Å². The van der Waals surface area contributed by atoms with Crippen molar-refractivity contribution in [2.45, 2.75) is 25.9 Å². The molecule has 0 spiro atoms. The van der Waals surface area contributed by atoms with E-state index in [1.165, 1.54) is 0 Å². The van der Waals surface area contributed by atoms with Crippen LogP contribution in [0.3, 0.4) is 0 Å². The molecule has 0 saturated heterocycles. The Labute approximate surface area is 101 Å². The highest BCUT2D eigenvalue weighted by molar-refractivity contribution is 6.31. The highest BCUT2D eigenvalue weighted by atomic mass is 35.5. The standard InChI is InChI=1S/C12H17ClN2O/c1-8(15-9(2)12(16)14-3)10-6-4-5-7-11(10)13/h4-9,15H,1-3H3,(H,14,16)/t8-,9+/m1/s1. The number of benzene rings is 1. The molecule has 0 bridgehead atoms. The van der Waals surface area contributed by atoms with E-state index in [0.717, 1.165) is 5.56 Å². The van der Waals surface area contributed by atoms with Gasteiger partial charge in [-0.1, -0.05) is 29.8 Å². The normalized spacial score (nSPS) is 14.2. The molecule has 0 aliphatic rings. The third-order valence-electron chi connectivity index (χ3n) is 2.51. The average molecular weight is 241 g/mol. The number of carbonyl (C=O) groups excluding carboxylic acids is 1. The van der Waals surface area contributed by atoms with E-state index in [0.29, 0.717) is 5.02 Å². The van der Waals surface area contributed by atoms with Gasteiger partial charge in [0.25, 0.3) is 0 Å². The SMILES string of the molecule is CNC(=O)[C@H](C)N[C@H](C)c1ccccc1Cl. The van der Waals surface area contributed by atoms with Gasteiger partial charge < -0.3 is 5.32 Å². The van der Waals surface area contributed by atoms with Gasteiger partial charge in [0.15, 0.2) is 0 Å². The van der Waals surface area contributed by atoms with E-state index in [1.54, 1.807) is 7.05 Å².